The molecule has 0 aliphatic carbocycles. The maximum absolute atomic E-state index is 10.8. The molecule has 0 aliphatic heterocycles. The highest BCUT2D eigenvalue weighted by Gasteiger charge is 2.15. The lowest BCUT2D eigenvalue weighted by atomic mass is 10.2. The molecule has 2 N–H and O–H groups in total. The van der Waals surface area contributed by atoms with Crippen LogP contribution in [0.4, 0.5) is 5.69 Å². The second kappa shape index (κ2) is 6.17. The molecule has 0 unspecified atom stereocenters. The first kappa shape index (κ1) is 13.4. The zero-order chi connectivity index (χ0) is 12.8. The van der Waals surface area contributed by atoms with Crippen LogP contribution >= 0.6 is 0 Å². The van der Waals surface area contributed by atoms with Crippen molar-refractivity contribution in [3.8, 4) is 5.75 Å². The molecule has 1 aromatic carbocycles. The third-order valence-corrected chi connectivity index (χ3v) is 2.40. The zero-order valence-corrected chi connectivity index (χ0v) is 10.0. The molecule has 0 saturated carbocycles. The van der Waals surface area contributed by atoms with Crippen molar-refractivity contribution in [1.82, 2.24) is 4.90 Å². The van der Waals surface area contributed by atoms with Gasteiger partial charge in [-0.25, -0.2) is 0 Å². The Morgan fingerprint density at radius 3 is 2.76 bits per heavy atom. The minimum atomic E-state index is -0.439. The summed E-state index contributed by atoms with van der Waals surface area (Å²) in [4.78, 5) is 12.4. The van der Waals surface area contributed by atoms with Gasteiger partial charge in [-0.15, -0.1) is 0 Å². The zero-order valence-electron chi connectivity index (χ0n) is 10.0. The Balaban J connectivity index is 2.88. The first-order valence-corrected chi connectivity index (χ1v) is 5.28. The Labute approximate surface area is 100 Å². The predicted octanol–water partition coefficient (Wildman–Crippen LogP) is 0.994. The highest BCUT2D eigenvalue weighted by molar-refractivity contribution is 5.48. The fraction of sp³-hybridized carbons (Fsp3) is 0.455. The summed E-state index contributed by atoms with van der Waals surface area (Å²) in [7, 11) is 3.34. The fourth-order valence-electron chi connectivity index (χ4n) is 1.59. The van der Waals surface area contributed by atoms with E-state index in [2.05, 4.69) is 0 Å². The standard InChI is InChI=1S/C11H17N3O3/c1-13(6-5-12)8-9-3-4-11(17-2)10(7-9)14(15)16/h3-4,7H,5-6,8,12H2,1-2H3. The number of rotatable bonds is 6. The van der Waals surface area contributed by atoms with Crippen molar-refractivity contribution in [1.29, 1.82) is 0 Å². The van der Waals surface area contributed by atoms with Crippen LogP contribution in [-0.4, -0.2) is 37.1 Å². The van der Waals surface area contributed by atoms with Crippen molar-refractivity contribution in [3.63, 3.8) is 0 Å². The molecule has 6 nitrogen and oxygen atoms in total. The van der Waals surface area contributed by atoms with Crippen LogP contribution in [0.5, 0.6) is 5.75 Å². The van der Waals surface area contributed by atoms with Crippen LogP contribution in [0, 0.1) is 10.1 Å². The number of likely N-dealkylation sites (N-methyl/N-ethyl adjacent to an activating group) is 1. The maximum atomic E-state index is 10.8. The smallest absolute Gasteiger partial charge is 0.311 e. The van der Waals surface area contributed by atoms with Gasteiger partial charge in [0, 0.05) is 25.7 Å². The van der Waals surface area contributed by atoms with Crippen molar-refractivity contribution < 1.29 is 9.66 Å². The van der Waals surface area contributed by atoms with Crippen LogP contribution < -0.4 is 10.5 Å². The molecule has 0 heterocycles. The highest BCUT2D eigenvalue weighted by Crippen LogP contribution is 2.27. The number of nitrogens with zero attached hydrogens (tertiary/aromatic N) is 2. The number of ether oxygens (including phenoxy) is 1. The second-order valence-electron chi connectivity index (χ2n) is 3.79. The van der Waals surface area contributed by atoms with E-state index in [4.69, 9.17) is 10.5 Å². The van der Waals surface area contributed by atoms with Crippen LogP contribution in [0.1, 0.15) is 5.56 Å². The topological polar surface area (TPSA) is 81.6 Å². The van der Waals surface area contributed by atoms with Crippen molar-refractivity contribution in [2.45, 2.75) is 6.54 Å². The number of nitro benzene ring substituents is 1. The van der Waals surface area contributed by atoms with Gasteiger partial charge < -0.3 is 15.4 Å². The minimum absolute atomic E-state index is 0.00820. The van der Waals surface area contributed by atoms with E-state index >= 15 is 0 Å². The molecule has 0 aliphatic rings. The van der Waals surface area contributed by atoms with E-state index in [-0.39, 0.29) is 11.4 Å². The lowest BCUT2D eigenvalue weighted by Crippen LogP contribution is -2.24. The van der Waals surface area contributed by atoms with E-state index in [1.807, 2.05) is 18.0 Å². The molecule has 0 aromatic heterocycles. The van der Waals surface area contributed by atoms with Crippen molar-refractivity contribution >= 4 is 5.69 Å². The summed E-state index contributed by atoms with van der Waals surface area (Å²) in [6.45, 7) is 1.94. The Morgan fingerprint density at radius 2 is 2.24 bits per heavy atom. The SMILES string of the molecule is COc1ccc(CN(C)CCN)cc1[N+](=O)[O-]. The van der Waals surface area contributed by atoms with Crippen molar-refractivity contribution in [3.05, 3.63) is 33.9 Å². The van der Waals surface area contributed by atoms with Crippen LogP contribution in [0.3, 0.4) is 0 Å². The average Bonchev–Trinajstić information content (AvgIpc) is 2.29. The summed E-state index contributed by atoms with van der Waals surface area (Å²) >= 11 is 0. The Kier molecular flexibility index (Phi) is 4.86. The van der Waals surface area contributed by atoms with Gasteiger partial charge >= 0.3 is 5.69 Å². The van der Waals surface area contributed by atoms with Gasteiger partial charge in [0.25, 0.3) is 0 Å². The third-order valence-electron chi connectivity index (χ3n) is 2.40. The largest absolute Gasteiger partial charge is 0.490 e. The van der Waals surface area contributed by atoms with Gasteiger partial charge in [-0.3, -0.25) is 10.1 Å². The first-order chi connectivity index (χ1) is 8.08. The van der Waals surface area contributed by atoms with E-state index < -0.39 is 4.92 Å². The van der Waals surface area contributed by atoms with Gasteiger partial charge in [0.1, 0.15) is 0 Å². The summed E-state index contributed by atoms with van der Waals surface area (Å²) in [5.41, 5.74) is 6.30. The molecule has 17 heavy (non-hydrogen) atoms. The quantitative estimate of drug-likeness (QED) is 0.591. The third kappa shape index (κ3) is 3.69. The molecule has 0 atom stereocenters. The summed E-state index contributed by atoms with van der Waals surface area (Å²) in [6, 6.07) is 4.97. The van der Waals surface area contributed by atoms with Gasteiger partial charge in [-0.2, -0.15) is 0 Å². The highest BCUT2D eigenvalue weighted by atomic mass is 16.6. The molecule has 94 valence electrons. The number of nitro groups is 1. The van der Waals surface area contributed by atoms with E-state index in [1.54, 1.807) is 6.07 Å². The number of nitrogens with two attached hydrogens (primary N) is 1. The van der Waals surface area contributed by atoms with Gasteiger partial charge in [0.2, 0.25) is 0 Å². The van der Waals surface area contributed by atoms with Crippen LogP contribution in [0.15, 0.2) is 18.2 Å². The molecule has 0 radical (unpaired) electrons. The van der Waals surface area contributed by atoms with Gasteiger partial charge in [-0.1, -0.05) is 6.07 Å². The molecule has 6 heteroatoms. The molecule has 1 aromatic rings. The molecular formula is C11H17N3O3. The lowest BCUT2D eigenvalue weighted by molar-refractivity contribution is -0.385. The average molecular weight is 239 g/mol. The number of methoxy groups -OCH3 is 1. The predicted molar refractivity (Wildman–Crippen MR) is 65.0 cm³/mol. The van der Waals surface area contributed by atoms with E-state index in [9.17, 15) is 10.1 Å². The van der Waals surface area contributed by atoms with Gasteiger partial charge in [-0.05, 0) is 18.7 Å². The molecule has 0 saturated heterocycles. The van der Waals surface area contributed by atoms with Crippen molar-refractivity contribution in [2.75, 3.05) is 27.2 Å². The summed E-state index contributed by atoms with van der Waals surface area (Å²) < 4.78 is 4.94. The van der Waals surface area contributed by atoms with E-state index in [0.29, 0.717) is 13.1 Å². The molecule has 0 amide bonds. The first-order valence-electron chi connectivity index (χ1n) is 5.28. The normalized spacial score (nSPS) is 10.6. The molecule has 0 bridgehead atoms. The Bertz CT molecular complexity index is 396. The molecule has 0 fully saturated rings. The van der Waals surface area contributed by atoms with Gasteiger partial charge in [0.15, 0.2) is 5.75 Å². The Morgan fingerprint density at radius 1 is 1.53 bits per heavy atom. The van der Waals surface area contributed by atoms with E-state index in [1.165, 1.54) is 13.2 Å². The van der Waals surface area contributed by atoms with E-state index in [0.717, 1.165) is 12.1 Å². The maximum Gasteiger partial charge on any atom is 0.311 e. The minimum Gasteiger partial charge on any atom is -0.490 e. The van der Waals surface area contributed by atoms with Crippen LogP contribution in [-0.2, 0) is 6.54 Å². The molecule has 0 spiro atoms. The van der Waals surface area contributed by atoms with Crippen LogP contribution in [0.2, 0.25) is 0 Å². The number of benzene rings is 1. The number of hydrogen-bond acceptors (Lipinski definition) is 5. The summed E-state index contributed by atoms with van der Waals surface area (Å²) in [5.74, 6) is 0.278. The van der Waals surface area contributed by atoms with Gasteiger partial charge in [0.05, 0.1) is 12.0 Å². The van der Waals surface area contributed by atoms with Crippen LogP contribution in [0.25, 0.3) is 0 Å². The molecule has 1 rings (SSSR count). The monoisotopic (exact) mass is 239 g/mol. The second-order valence-corrected chi connectivity index (χ2v) is 3.79. The summed E-state index contributed by atoms with van der Waals surface area (Å²) in [6.07, 6.45) is 0. The fourth-order valence-corrected chi connectivity index (χ4v) is 1.59. The van der Waals surface area contributed by atoms with Crippen molar-refractivity contribution in [2.24, 2.45) is 5.73 Å². The molecular weight excluding hydrogens is 222 g/mol. The number of hydrogen-bond donors (Lipinski definition) is 1. The lowest BCUT2D eigenvalue weighted by Gasteiger charge is -2.15. The Hall–Kier alpha value is -1.66. The summed E-state index contributed by atoms with van der Waals surface area (Å²) in [5, 5.41) is 10.8.